The Morgan fingerprint density at radius 1 is 1.24 bits per heavy atom. The highest BCUT2D eigenvalue weighted by atomic mass is 31.2. The molecule has 2 aliphatic heterocycles. The number of carbonyl (C=O) groups is 1. The molecular formula is C29H36N7O5P. The molecular weight excluding hydrogens is 557 g/mol. The highest BCUT2D eigenvalue weighted by Gasteiger charge is 2.77. The second-order valence-corrected chi connectivity index (χ2v) is 12.8. The minimum Gasteiger partial charge on any atom is -0.361 e. The van der Waals surface area contributed by atoms with Gasteiger partial charge in [0.15, 0.2) is 23.2 Å². The van der Waals surface area contributed by atoms with Crippen molar-refractivity contribution in [3.8, 4) is 6.07 Å². The summed E-state index contributed by atoms with van der Waals surface area (Å²) in [4.78, 5) is 26.2. The van der Waals surface area contributed by atoms with Crippen molar-refractivity contribution < 1.29 is 24.7 Å². The fourth-order valence-corrected chi connectivity index (χ4v) is 7.71. The van der Waals surface area contributed by atoms with Gasteiger partial charge in [0.25, 0.3) is 14.4 Å². The number of nitrogens with one attached hydrogen (secondary N) is 1. The van der Waals surface area contributed by atoms with Crippen LogP contribution in [0, 0.1) is 11.3 Å². The zero-order chi connectivity index (χ0) is 30.4. The van der Waals surface area contributed by atoms with Gasteiger partial charge < -0.3 is 23.8 Å². The zero-order valence-corrected chi connectivity index (χ0v) is 25.0. The lowest BCUT2D eigenvalue weighted by molar-refractivity contribution is -0.216. The molecule has 5 atom stereocenters. The predicted molar refractivity (Wildman–Crippen MR) is 155 cm³/mol. The van der Waals surface area contributed by atoms with Crippen molar-refractivity contribution in [2.75, 3.05) is 11.9 Å². The molecule has 1 aliphatic carbocycles. The molecule has 1 aromatic carbocycles. The van der Waals surface area contributed by atoms with Crippen LogP contribution in [0.25, 0.3) is 11.2 Å². The van der Waals surface area contributed by atoms with Crippen LogP contribution < -0.4 is 5.32 Å². The summed E-state index contributed by atoms with van der Waals surface area (Å²) in [5, 5.41) is 12.0. The van der Waals surface area contributed by atoms with Gasteiger partial charge in [-0.3, -0.25) is 9.36 Å². The first-order valence-electron chi connectivity index (χ1n) is 14.9. The number of imidazole rings is 1. The number of aromatic nitrogens is 4. The van der Waals surface area contributed by atoms with E-state index in [0.717, 1.165) is 12.8 Å². The van der Waals surface area contributed by atoms with Crippen LogP contribution >= 0.6 is 8.53 Å². The number of rotatable bonds is 11. The number of fused-ring (bicyclic) bond motifs is 4. The maximum absolute atomic E-state index is 12.9. The summed E-state index contributed by atoms with van der Waals surface area (Å²) in [5.74, 6) is -0.0289. The molecule has 2 bridgehead atoms. The number of benzene rings is 1. The van der Waals surface area contributed by atoms with E-state index in [2.05, 4.69) is 58.7 Å². The van der Waals surface area contributed by atoms with Gasteiger partial charge in [-0.25, -0.2) is 19.6 Å². The minimum absolute atomic E-state index is 0.0601. The molecule has 2 aromatic heterocycles. The molecule has 1 N–H and O–H groups in total. The highest BCUT2D eigenvalue weighted by molar-refractivity contribution is 7.44. The van der Waals surface area contributed by atoms with Gasteiger partial charge in [0, 0.05) is 19.0 Å². The Morgan fingerprint density at radius 3 is 2.67 bits per heavy atom. The van der Waals surface area contributed by atoms with E-state index in [1.165, 1.54) is 6.33 Å². The van der Waals surface area contributed by atoms with Gasteiger partial charge in [0.1, 0.15) is 29.7 Å². The van der Waals surface area contributed by atoms with Crippen molar-refractivity contribution in [3.05, 3.63) is 48.5 Å². The minimum atomic E-state index is -1.60. The molecule has 6 rings (SSSR count). The van der Waals surface area contributed by atoms with Crippen LogP contribution in [0.3, 0.4) is 0 Å². The number of amides is 1. The third kappa shape index (κ3) is 4.88. The normalized spacial score (nSPS) is 26.7. The van der Waals surface area contributed by atoms with Crippen molar-refractivity contribution in [1.82, 2.24) is 24.2 Å². The number of ether oxygens (including phenoxy) is 2. The zero-order valence-electron chi connectivity index (χ0n) is 25.1. The predicted octanol–water partition coefficient (Wildman–Crippen LogP) is 4.96. The second kappa shape index (κ2) is 11.2. The lowest BCUT2D eigenvalue weighted by atomic mass is 9.93. The summed E-state index contributed by atoms with van der Waals surface area (Å²) in [6.45, 7) is 8.51. The summed E-state index contributed by atoms with van der Waals surface area (Å²) in [6, 6.07) is 11.2. The Bertz CT molecular complexity index is 1510. The molecule has 3 aliphatic rings. The standard InChI is InChI=1S/C29H36N7O5P/c1-18(2)36(19(3)4)42(38-15-9-14-30)41-23-22-27(40-28(23,5)29(39-22)12-13-29)35-17-33-21-24(31-16-32-25(21)35)34-26(37)20-10-7-6-8-11-20/h6-8,10-11,16-19,22-23,27H,9,12-13,15H2,1-5H3,(H,31,32,34,37)/t22-,23+,27-,28-,42?/m1/s1/i5D. The molecule has 1 amide bonds. The summed E-state index contributed by atoms with van der Waals surface area (Å²) in [6.07, 6.45) is 2.94. The molecule has 4 heterocycles. The van der Waals surface area contributed by atoms with E-state index < -0.39 is 38.2 Å². The Balaban J connectivity index is 1.32. The van der Waals surface area contributed by atoms with Crippen molar-refractivity contribution in [1.29, 1.82) is 5.26 Å². The largest absolute Gasteiger partial charge is 0.361 e. The molecule has 1 unspecified atom stereocenters. The Morgan fingerprint density at radius 2 is 2.00 bits per heavy atom. The SMILES string of the molecule is [2H]C[C@]12O[C@@H](n3cnc4c(NC(=O)c5ccccc5)ncnc43)[C@H](OC13CC3)[C@@H]2OP(OCCC#N)N(C(C)C)C(C)C. The van der Waals surface area contributed by atoms with E-state index in [9.17, 15) is 4.79 Å². The van der Waals surface area contributed by atoms with Gasteiger partial charge in [0.05, 0.1) is 25.4 Å². The summed E-state index contributed by atoms with van der Waals surface area (Å²) >= 11 is 0. The van der Waals surface area contributed by atoms with Crippen LogP contribution in [0.1, 0.15) is 71.8 Å². The molecule has 222 valence electrons. The van der Waals surface area contributed by atoms with E-state index in [4.69, 9.17) is 25.2 Å². The van der Waals surface area contributed by atoms with E-state index in [1.807, 2.05) is 6.07 Å². The molecule has 42 heavy (non-hydrogen) atoms. The smallest absolute Gasteiger partial charge is 0.259 e. The van der Waals surface area contributed by atoms with Crippen LogP contribution in [0.4, 0.5) is 5.82 Å². The molecule has 3 aromatic rings. The van der Waals surface area contributed by atoms with Crippen molar-refractivity contribution in [2.24, 2.45) is 0 Å². The van der Waals surface area contributed by atoms with E-state index in [0.29, 0.717) is 16.7 Å². The van der Waals surface area contributed by atoms with Crippen LogP contribution in [0.5, 0.6) is 0 Å². The first-order chi connectivity index (χ1) is 20.7. The lowest BCUT2D eigenvalue weighted by Crippen LogP contribution is -2.47. The number of hydrogen-bond acceptors (Lipinski definition) is 10. The topological polar surface area (TPSA) is 137 Å². The molecule has 2 saturated heterocycles. The summed E-state index contributed by atoms with van der Waals surface area (Å²) < 4.78 is 39.1. The van der Waals surface area contributed by atoms with E-state index in [-0.39, 0.29) is 43.7 Å². The number of nitrogens with zero attached hydrogens (tertiary/aromatic N) is 6. The molecule has 1 saturated carbocycles. The first-order valence-corrected chi connectivity index (χ1v) is 15.3. The van der Waals surface area contributed by atoms with Gasteiger partial charge >= 0.3 is 0 Å². The highest BCUT2D eigenvalue weighted by Crippen LogP contribution is 2.67. The number of anilines is 1. The second-order valence-electron chi connectivity index (χ2n) is 11.4. The molecule has 0 radical (unpaired) electrons. The van der Waals surface area contributed by atoms with Gasteiger partial charge in [0.2, 0.25) is 0 Å². The van der Waals surface area contributed by atoms with Crippen LogP contribution in [0.2, 0.25) is 0 Å². The maximum Gasteiger partial charge on any atom is 0.259 e. The lowest BCUT2D eigenvalue weighted by Gasteiger charge is -2.39. The first kappa shape index (κ1) is 27.8. The van der Waals surface area contributed by atoms with Crippen molar-refractivity contribution >= 4 is 31.4 Å². The van der Waals surface area contributed by atoms with Crippen LogP contribution in [-0.2, 0) is 18.5 Å². The summed E-state index contributed by atoms with van der Waals surface area (Å²) in [7, 11) is -1.60. The van der Waals surface area contributed by atoms with Gasteiger partial charge in [-0.1, -0.05) is 18.2 Å². The van der Waals surface area contributed by atoms with Crippen molar-refractivity contribution in [2.45, 2.75) is 95.6 Å². The fraction of sp³-hybridized carbons (Fsp3) is 0.552. The van der Waals surface area contributed by atoms with E-state index in [1.54, 1.807) is 35.2 Å². The Labute approximate surface area is 247 Å². The number of carbonyl (C=O) groups excluding carboxylic acids is 1. The quantitative estimate of drug-likeness (QED) is 0.240. The molecule has 13 heteroatoms. The third-order valence-electron chi connectivity index (χ3n) is 7.97. The maximum atomic E-state index is 12.9. The van der Waals surface area contributed by atoms with Gasteiger partial charge in [-0.15, -0.1) is 0 Å². The molecule has 12 nitrogen and oxygen atoms in total. The average Bonchev–Trinajstić information content (AvgIpc) is 3.42. The van der Waals surface area contributed by atoms with Crippen LogP contribution in [0.15, 0.2) is 43.0 Å². The van der Waals surface area contributed by atoms with E-state index >= 15 is 0 Å². The Kier molecular flexibility index (Phi) is 7.42. The monoisotopic (exact) mass is 594 g/mol. The fourth-order valence-electron chi connectivity index (χ4n) is 5.92. The average molecular weight is 595 g/mol. The number of nitriles is 1. The molecule has 1 spiro atoms. The Hall–Kier alpha value is -3.04. The van der Waals surface area contributed by atoms with Crippen LogP contribution in [-0.4, -0.2) is 72.2 Å². The number of hydrogen-bond donors (Lipinski definition) is 1. The summed E-state index contributed by atoms with van der Waals surface area (Å²) in [5.41, 5.74) is -0.244. The van der Waals surface area contributed by atoms with Gasteiger partial charge in [-0.2, -0.15) is 5.26 Å². The third-order valence-corrected chi connectivity index (χ3v) is 10.1. The van der Waals surface area contributed by atoms with Crippen molar-refractivity contribution in [3.63, 3.8) is 0 Å². The van der Waals surface area contributed by atoms with Gasteiger partial charge in [-0.05, 0) is 59.6 Å². The molecule has 3 fully saturated rings.